The lowest BCUT2D eigenvalue weighted by Crippen LogP contribution is -2.04. The number of aryl methyl sites for hydroxylation is 1. The molecule has 0 spiro atoms. The lowest BCUT2D eigenvalue weighted by molar-refractivity contribution is 0.753. The van der Waals surface area contributed by atoms with E-state index in [4.69, 9.17) is 5.73 Å². The molecule has 1 heterocycles. The van der Waals surface area contributed by atoms with Crippen molar-refractivity contribution in [3.63, 3.8) is 0 Å². The molecule has 0 amide bonds. The van der Waals surface area contributed by atoms with Gasteiger partial charge in [0.05, 0.1) is 11.9 Å². The Morgan fingerprint density at radius 1 is 1.18 bits per heavy atom. The van der Waals surface area contributed by atoms with E-state index in [0.717, 1.165) is 34.4 Å². The van der Waals surface area contributed by atoms with Crippen LogP contribution in [0.3, 0.4) is 0 Å². The molecule has 17 heavy (non-hydrogen) atoms. The maximum atomic E-state index is 5.46. The van der Waals surface area contributed by atoms with Gasteiger partial charge in [0.15, 0.2) is 5.82 Å². The summed E-state index contributed by atoms with van der Waals surface area (Å²) < 4.78 is 1.05. The number of hydrogen-bond donors (Lipinski definition) is 1. The Hall–Kier alpha value is -1.33. The molecule has 0 radical (unpaired) electrons. The van der Waals surface area contributed by atoms with Gasteiger partial charge in [-0.05, 0) is 25.1 Å². The van der Waals surface area contributed by atoms with Gasteiger partial charge >= 0.3 is 0 Å². The predicted octanol–water partition coefficient (Wildman–Crippen LogP) is 2.19. The molecule has 2 N–H and O–H groups in total. The Balaban J connectivity index is 2.23. The summed E-state index contributed by atoms with van der Waals surface area (Å²) in [4.78, 5) is 4.47. The van der Waals surface area contributed by atoms with E-state index in [1.54, 1.807) is 6.20 Å². The van der Waals surface area contributed by atoms with Crippen LogP contribution in [0.2, 0.25) is 0 Å². The Kier molecular flexibility index (Phi) is 4.17. The maximum Gasteiger partial charge on any atom is 0.151 e. The van der Waals surface area contributed by atoms with Crippen LogP contribution in [0.4, 0.5) is 0 Å². The largest absolute Gasteiger partial charge is 0.330 e. The van der Waals surface area contributed by atoms with Crippen molar-refractivity contribution >= 4 is 15.9 Å². The Morgan fingerprint density at radius 3 is 2.65 bits per heavy atom. The zero-order valence-corrected chi connectivity index (χ0v) is 10.9. The smallest absolute Gasteiger partial charge is 0.151 e. The fourth-order valence-electron chi connectivity index (χ4n) is 1.47. The number of benzene rings is 1. The lowest BCUT2D eigenvalue weighted by Gasteiger charge is -2.02. The quantitative estimate of drug-likeness (QED) is 0.938. The molecule has 0 bridgehead atoms. The van der Waals surface area contributed by atoms with Gasteiger partial charge in [-0.25, -0.2) is 4.98 Å². The number of nitrogens with two attached hydrogens (primary N) is 1. The topological polar surface area (TPSA) is 64.7 Å². The predicted molar refractivity (Wildman–Crippen MR) is 70.3 cm³/mol. The summed E-state index contributed by atoms with van der Waals surface area (Å²) in [6, 6.07) is 7.97. The first-order valence-corrected chi connectivity index (χ1v) is 6.23. The fourth-order valence-corrected chi connectivity index (χ4v) is 1.73. The van der Waals surface area contributed by atoms with Crippen molar-refractivity contribution in [2.75, 3.05) is 6.54 Å². The zero-order valence-electron chi connectivity index (χ0n) is 9.31. The molecule has 0 unspecified atom stereocenters. The Morgan fingerprint density at radius 2 is 1.94 bits per heavy atom. The van der Waals surface area contributed by atoms with Crippen molar-refractivity contribution in [2.24, 2.45) is 5.73 Å². The number of rotatable bonds is 4. The molecule has 4 nitrogen and oxygen atoms in total. The van der Waals surface area contributed by atoms with E-state index < -0.39 is 0 Å². The Bertz CT molecular complexity index is 484. The second-order valence-corrected chi connectivity index (χ2v) is 4.57. The van der Waals surface area contributed by atoms with Crippen molar-refractivity contribution < 1.29 is 0 Å². The average Bonchev–Trinajstić information content (AvgIpc) is 2.37. The number of nitrogens with zero attached hydrogens (tertiary/aromatic N) is 3. The van der Waals surface area contributed by atoms with Crippen LogP contribution in [-0.2, 0) is 6.42 Å². The van der Waals surface area contributed by atoms with Gasteiger partial charge in [-0.2, -0.15) is 5.10 Å². The standard InChI is InChI=1S/C12H13BrN4/c13-10-5-3-9(4-6-10)11-8-15-17-12(16-11)2-1-7-14/h3-6,8H,1-2,7,14H2. The van der Waals surface area contributed by atoms with Crippen molar-refractivity contribution in [3.8, 4) is 11.3 Å². The molecule has 0 saturated heterocycles. The van der Waals surface area contributed by atoms with Crippen LogP contribution in [-0.4, -0.2) is 21.7 Å². The monoisotopic (exact) mass is 292 g/mol. The van der Waals surface area contributed by atoms with E-state index in [9.17, 15) is 0 Å². The maximum absolute atomic E-state index is 5.46. The normalized spacial score (nSPS) is 10.5. The van der Waals surface area contributed by atoms with Crippen molar-refractivity contribution in [1.82, 2.24) is 15.2 Å². The molecule has 0 aliphatic carbocycles. The highest BCUT2D eigenvalue weighted by Crippen LogP contribution is 2.19. The minimum Gasteiger partial charge on any atom is -0.330 e. The van der Waals surface area contributed by atoms with E-state index in [1.807, 2.05) is 24.3 Å². The summed E-state index contributed by atoms with van der Waals surface area (Å²) in [6.45, 7) is 0.645. The SMILES string of the molecule is NCCCc1nncc(-c2ccc(Br)cc2)n1. The third-order valence-corrected chi connectivity index (χ3v) is 2.88. The number of hydrogen-bond acceptors (Lipinski definition) is 4. The van der Waals surface area contributed by atoms with Crippen LogP contribution in [0.1, 0.15) is 12.2 Å². The van der Waals surface area contributed by atoms with Gasteiger partial charge in [0.1, 0.15) is 0 Å². The third kappa shape index (κ3) is 3.31. The molecule has 0 atom stereocenters. The first-order chi connectivity index (χ1) is 8.29. The van der Waals surface area contributed by atoms with Gasteiger partial charge in [0.25, 0.3) is 0 Å². The highest BCUT2D eigenvalue weighted by molar-refractivity contribution is 9.10. The molecule has 2 rings (SSSR count). The Labute approximate surface area is 108 Å². The first-order valence-electron chi connectivity index (χ1n) is 5.44. The number of aromatic nitrogens is 3. The van der Waals surface area contributed by atoms with Crippen LogP contribution in [0, 0.1) is 0 Å². The van der Waals surface area contributed by atoms with Crippen molar-refractivity contribution in [2.45, 2.75) is 12.8 Å². The minimum absolute atomic E-state index is 0.645. The summed E-state index contributed by atoms with van der Waals surface area (Å²) in [5, 5.41) is 7.97. The molecular weight excluding hydrogens is 280 g/mol. The van der Waals surface area contributed by atoms with Gasteiger partial charge in [-0.1, -0.05) is 28.1 Å². The third-order valence-electron chi connectivity index (χ3n) is 2.35. The van der Waals surface area contributed by atoms with E-state index in [1.165, 1.54) is 0 Å². The van der Waals surface area contributed by atoms with Gasteiger partial charge in [-0.3, -0.25) is 0 Å². The van der Waals surface area contributed by atoms with E-state index in [0.29, 0.717) is 6.54 Å². The summed E-state index contributed by atoms with van der Waals surface area (Å²) >= 11 is 3.40. The van der Waals surface area contributed by atoms with Gasteiger partial charge in [0, 0.05) is 16.5 Å². The summed E-state index contributed by atoms with van der Waals surface area (Å²) in [7, 11) is 0. The minimum atomic E-state index is 0.645. The fraction of sp³-hybridized carbons (Fsp3) is 0.250. The molecule has 1 aromatic carbocycles. The highest BCUT2D eigenvalue weighted by atomic mass is 79.9. The molecule has 88 valence electrons. The molecule has 1 aromatic heterocycles. The van der Waals surface area contributed by atoms with E-state index in [2.05, 4.69) is 31.1 Å². The van der Waals surface area contributed by atoms with Gasteiger partial charge < -0.3 is 5.73 Å². The van der Waals surface area contributed by atoms with Crippen LogP contribution >= 0.6 is 15.9 Å². The highest BCUT2D eigenvalue weighted by Gasteiger charge is 2.03. The van der Waals surface area contributed by atoms with Crippen molar-refractivity contribution in [1.29, 1.82) is 0 Å². The summed E-state index contributed by atoms with van der Waals surface area (Å²) in [5.41, 5.74) is 7.35. The van der Waals surface area contributed by atoms with Gasteiger partial charge in [-0.15, -0.1) is 5.10 Å². The van der Waals surface area contributed by atoms with Crippen LogP contribution < -0.4 is 5.73 Å². The first kappa shape index (κ1) is 12.1. The zero-order chi connectivity index (χ0) is 12.1. The molecule has 0 aliphatic rings. The van der Waals surface area contributed by atoms with E-state index >= 15 is 0 Å². The second-order valence-electron chi connectivity index (χ2n) is 3.66. The molecule has 5 heteroatoms. The second kappa shape index (κ2) is 5.84. The van der Waals surface area contributed by atoms with Crippen LogP contribution in [0.25, 0.3) is 11.3 Å². The molecule has 2 aromatic rings. The van der Waals surface area contributed by atoms with E-state index in [-0.39, 0.29) is 0 Å². The molecule has 0 saturated carbocycles. The van der Waals surface area contributed by atoms with Crippen LogP contribution in [0.15, 0.2) is 34.9 Å². The average molecular weight is 293 g/mol. The lowest BCUT2D eigenvalue weighted by atomic mass is 10.2. The van der Waals surface area contributed by atoms with Gasteiger partial charge in [0.2, 0.25) is 0 Å². The summed E-state index contributed by atoms with van der Waals surface area (Å²) in [5.74, 6) is 0.746. The van der Waals surface area contributed by atoms with Crippen LogP contribution in [0.5, 0.6) is 0 Å². The molecule has 0 aliphatic heterocycles. The summed E-state index contributed by atoms with van der Waals surface area (Å²) in [6.07, 6.45) is 3.33. The van der Waals surface area contributed by atoms with Crippen molar-refractivity contribution in [3.05, 3.63) is 40.8 Å². The molecular formula is C12H13BrN4. The number of halogens is 1. The molecule has 0 fully saturated rings.